The number of aromatic nitrogens is 2. The summed E-state index contributed by atoms with van der Waals surface area (Å²) in [7, 11) is 2.05. The summed E-state index contributed by atoms with van der Waals surface area (Å²) in [6, 6.07) is 4.41. The molecule has 2 atom stereocenters. The number of ether oxygens (including phenoxy) is 1. The minimum absolute atomic E-state index is 0. The van der Waals surface area contributed by atoms with E-state index in [9.17, 15) is 5.11 Å². The zero-order chi connectivity index (χ0) is 17.1. The molecular formula is C20H29IN2O2. The molecule has 2 unspecified atom stereocenters. The van der Waals surface area contributed by atoms with Gasteiger partial charge in [-0.15, -0.1) is 0 Å². The molecule has 1 heterocycles. The Bertz CT molecular complexity index is 739. The van der Waals surface area contributed by atoms with Crippen LogP contribution in [0.4, 0.5) is 0 Å². The maximum Gasteiger partial charge on any atom is 0.244 e. The highest BCUT2D eigenvalue weighted by Crippen LogP contribution is 2.19. The Morgan fingerprint density at radius 3 is 2.76 bits per heavy atom. The summed E-state index contributed by atoms with van der Waals surface area (Å²) in [6.07, 6.45) is 9.51. The molecule has 138 valence electrons. The van der Waals surface area contributed by atoms with Gasteiger partial charge in [-0.1, -0.05) is 12.2 Å². The lowest BCUT2D eigenvalue weighted by atomic mass is 9.95. The molecule has 0 saturated carbocycles. The van der Waals surface area contributed by atoms with Crippen LogP contribution >= 0.6 is 0 Å². The largest absolute Gasteiger partial charge is 1.00 e. The molecule has 0 aliphatic heterocycles. The molecule has 1 aromatic carbocycles. The van der Waals surface area contributed by atoms with Gasteiger partial charge in [0.05, 0.1) is 13.7 Å². The van der Waals surface area contributed by atoms with E-state index in [0.717, 1.165) is 25.0 Å². The number of fused-ring (bicyclic) bond motifs is 1. The smallest absolute Gasteiger partial charge is 0.244 e. The van der Waals surface area contributed by atoms with Crippen molar-refractivity contribution in [2.45, 2.75) is 45.8 Å². The van der Waals surface area contributed by atoms with Crippen LogP contribution in [0.3, 0.4) is 0 Å². The van der Waals surface area contributed by atoms with E-state index >= 15 is 0 Å². The minimum Gasteiger partial charge on any atom is -1.00 e. The number of aryl methyl sites for hydroxylation is 3. The van der Waals surface area contributed by atoms with Gasteiger partial charge in [-0.05, 0) is 62.3 Å². The van der Waals surface area contributed by atoms with Gasteiger partial charge in [0.25, 0.3) is 0 Å². The number of hydrogen-bond acceptors (Lipinski definition) is 2. The highest BCUT2D eigenvalue weighted by Gasteiger charge is 2.18. The molecule has 0 bridgehead atoms. The summed E-state index contributed by atoms with van der Waals surface area (Å²) >= 11 is 0. The monoisotopic (exact) mass is 456 g/mol. The Morgan fingerprint density at radius 2 is 2.04 bits per heavy atom. The van der Waals surface area contributed by atoms with Crippen molar-refractivity contribution in [2.24, 2.45) is 13.0 Å². The first-order valence-electron chi connectivity index (χ1n) is 8.91. The minimum atomic E-state index is -0.485. The number of benzene rings is 1. The fraction of sp³-hybridized carbons (Fsp3) is 0.550. The summed E-state index contributed by atoms with van der Waals surface area (Å²) in [6.45, 7) is 5.97. The van der Waals surface area contributed by atoms with Crippen LogP contribution in [-0.2, 0) is 18.3 Å². The van der Waals surface area contributed by atoms with Crippen LogP contribution in [0.1, 0.15) is 30.4 Å². The maximum atomic E-state index is 10.4. The van der Waals surface area contributed by atoms with Gasteiger partial charge in [0.2, 0.25) is 6.33 Å². The van der Waals surface area contributed by atoms with Crippen LogP contribution in [0.5, 0.6) is 0 Å². The van der Waals surface area contributed by atoms with Crippen molar-refractivity contribution in [3.05, 3.63) is 41.7 Å². The predicted molar refractivity (Wildman–Crippen MR) is 95.9 cm³/mol. The van der Waals surface area contributed by atoms with E-state index in [0.29, 0.717) is 19.1 Å². The van der Waals surface area contributed by atoms with Crippen LogP contribution in [0.2, 0.25) is 0 Å². The molecule has 0 radical (unpaired) electrons. The Kier molecular flexibility index (Phi) is 7.46. The van der Waals surface area contributed by atoms with Crippen molar-refractivity contribution in [3.8, 4) is 0 Å². The third kappa shape index (κ3) is 5.05. The van der Waals surface area contributed by atoms with Gasteiger partial charge in [0.1, 0.15) is 12.6 Å². The molecule has 4 nitrogen and oxygen atoms in total. The average Bonchev–Trinajstić information content (AvgIpc) is 2.84. The van der Waals surface area contributed by atoms with E-state index in [1.807, 2.05) is 7.05 Å². The fourth-order valence-electron chi connectivity index (χ4n) is 3.44. The summed E-state index contributed by atoms with van der Waals surface area (Å²) in [5, 5.41) is 10.4. The molecule has 5 heteroatoms. The lowest BCUT2D eigenvalue weighted by Crippen LogP contribution is -3.00. The van der Waals surface area contributed by atoms with Crippen molar-refractivity contribution in [1.29, 1.82) is 0 Å². The molecule has 1 aliphatic rings. The highest BCUT2D eigenvalue weighted by molar-refractivity contribution is 5.74. The molecular weight excluding hydrogens is 427 g/mol. The van der Waals surface area contributed by atoms with Crippen molar-refractivity contribution in [1.82, 2.24) is 4.57 Å². The van der Waals surface area contributed by atoms with Crippen LogP contribution in [0.15, 0.2) is 30.6 Å². The molecule has 1 aromatic heterocycles. The summed E-state index contributed by atoms with van der Waals surface area (Å²) in [5.41, 5.74) is 4.93. The molecule has 0 saturated heterocycles. The van der Waals surface area contributed by atoms with E-state index in [1.165, 1.54) is 23.1 Å². The van der Waals surface area contributed by atoms with Crippen LogP contribution in [0, 0.1) is 19.8 Å². The highest BCUT2D eigenvalue weighted by atomic mass is 127. The number of hydrogen-bond donors (Lipinski definition) is 1. The topological polar surface area (TPSA) is 38.3 Å². The van der Waals surface area contributed by atoms with Gasteiger partial charge in [-0.2, -0.15) is 0 Å². The van der Waals surface area contributed by atoms with E-state index in [2.05, 4.69) is 53.6 Å². The number of rotatable bonds is 6. The van der Waals surface area contributed by atoms with E-state index in [1.54, 1.807) is 0 Å². The first kappa shape index (κ1) is 20.4. The number of aliphatic hydroxyl groups is 1. The van der Waals surface area contributed by atoms with Crippen molar-refractivity contribution in [3.63, 3.8) is 0 Å². The van der Waals surface area contributed by atoms with Crippen LogP contribution < -0.4 is 28.5 Å². The van der Waals surface area contributed by atoms with Gasteiger partial charge in [0.15, 0.2) is 11.0 Å². The quantitative estimate of drug-likeness (QED) is 0.372. The molecule has 2 aromatic rings. The lowest BCUT2D eigenvalue weighted by Gasteiger charge is -2.18. The van der Waals surface area contributed by atoms with Crippen LogP contribution in [-0.4, -0.2) is 29.0 Å². The summed E-state index contributed by atoms with van der Waals surface area (Å²) in [5.74, 6) is 0.609. The number of nitrogens with zero attached hydrogens (tertiary/aromatic N) is 2. The van der Waals surface area contributed by atoms with Gasteiger partial charge in [0, 0.05) is 6.61 Å². The van der Waals surface area contributed by atoms with E-state index < -0.39 is 6.10 Å². The Balaban J connectivity index is 0.00000225. The predicted octanol–water partition coefficient (Wildman–Crippen LogP) is -0.180. The zero-order valence-electron chi connectivity index (χ0n) is 15.4. The van der Waals surface area contributed by atoms with Gasteiger partial charge in [-0.25, -0.2) is 9.13 Å². The summed E-state index contributed by atoms with van der Waals surface area (Å²) < 4.78 is 10.0. The molecule has 1 aliphatic carbocycles. The van der Waals surface area contributed by atoms with Crippen molar-refractivity contribution < 1.29 is 38.4 Å². The average molecular weight is 456 g/mol. The van der Waals surface area contributed by atoms with Gasteiger partial charge < -0.3 is 33.8 Å². The summed E-state index contributed by atoms with van der Waals surface area (Å²) in [4.78, 5) is 0. The molecule has 0 fully saturated rings. The first-order valence-corrected chi connectivity index (χ1v) is 8.91. The Hall–Kier alpha value is -0.920. The first-order chi connectivity index (χ1) is 11.5. The number of allylic oxidation sites excluding steroid dienone is 2. The van der Waals surface area contributed by atoms with Crippen LogP contribution in [0.25, 0.3) is 11.0 Å². The molecule has 25 heavy (non-hydrogen) atoms. The van der Waals surface area contributed by atoms with Crippen molar-refractivity contribution >= 4 is 11.0 Å². The normalized spacial score (nSPS) is 18.3. The molecule has 0 amide bonds. The molecule has 1 N–H and O–H groups in total. The fourth-order valence-corrected chi connectivity index (χ4v) is 3.44. The molecule has 0 spiro atoms. The van der Waals surface area contributed by atoms with Gasteiger partial charge in [-0.3, -0.25) is 0 Å². The maximum absolute atomic E-state index is 10.4. The second-order valence-electron chi connectivity index (χ2n) is 7.15. The standard InChI is InChI=1S/C20H29N2O2.HI/c1-15-9-19-20(10-16(15)2)22(14-21(19)3)11-18(23)13-24-12-17-7-5-4-6-8-17;/h4-5,9-10,14,17-18,23H,6-8,11-13H2,1-3H3;1H/q+1;/p-1. The lowest BCUT2D eigenvalue weighted by molar-refractivity contribution is -0.645. The third-order valence-electron chi connectivity index (χ3n) is 5.04. The second-order valence-corrected chi connectivity index (χ2v) is 7.15. The zero-order valence-corrected chi connectivity index (χ0v) is 17.6. The number of halogens is 1. The van der Waals surface area contributed by atoms with Crippen molar-refractivity contribution in [2.75, 3.05) is 13.2 Å². The Morgan fingerprint density at radius 1 is 1.28 bits per heavy atom. The number of imidazole rings is 1. The SMILES string of the molecule is Cc1cc2c(cc1C)[n+](C)cn2CC(O)COCC1CC=CCC1.[I-]. The number of aliphatic hydroxyl groups excluding tert-OH is 1. The Labute approximate surface area is 167 Å². The molecule has 3 rings (SSSR count). The van der Waals surface area contributed by atoms with E-state index in [4.69, 9.17) is 4.74 Å². The van der Waals surface area contributed by atoms with Gasteiger partial charge >= 0.3 is 0 Å². The third-order valence-corrected chi connectivity index (χ3v) is 5.04. The second kappa shape index (κ2) is 9.14. The van der Waals surface area contributed by atoms with E-state index in [-0.39, 0.29) is 24.0 Å².